The first-order chi connectivity index (χ1) is 10.5. The van der Waals surface area contributed by atoms with E-state index in [-0.39, 0.29) is 11.9 Å². The Hall–Kier alpha value is -0.800. The van der Waals surface area contributed by atoms with Gasteiger partial charge in [0.1, 0.15) is 5.69 Å². The van der Waals surface area contributed by atoms with E-state index in [1.54, 1.807) is 37.1 Å². The molecule has 2 heterocycles. The number of pyridine rings is 1. The molecule has 1 amide bonds. The number of amides is 1. The van der Waals surface area contributed by atoms with E-state index in [0.717, 1.165) is 11.4 Å². The molecule has 8 heteroatoms. The molecule has 0 aromatic carbocycles. The van der Waals surface area contributed by atoms with Gasteiger partial charge in [0.05, 0.1) is 18.1 Å². The molecule has 0 aliphatic carbocycles. The SMILES string of the molecule is CC(C)N(C(=O)CCSI)c1cn(-c2cccnc2)nc1Cl. The van der Waals surface area contributed by atoms with Crippen molar-refractivity contribution in [2.75, 3.05) is 10.7 Å². The Morgan fingerprint density at radius 3 is 2.91 bits per heavy atom. The number of carbonyl (C=O) groups excluding carboxylic acids is 1. The topological polar surface area (TPSA) is 51.0 Å². The molecule has 0 fully saturated rings. The average molecular weight is 451 g/mol. The summed E-state index contributed by atoms with van der Waals surface area (Å²) in [5.74, 6) is 0.823. The zero-order valence-corrected chi connectivity index (χ0v) is 16.0. The Balaban J connectivity index is 2.33. The summed E-state index contributed by atoms with van der Waals surface area (Å²) in [6.07, 6.45) is 5.64. The lowest BCUT2D eigenvalue weighted by atomic mass is 10.2. The highest BCUT2D eigenvalue weighted by atomic mass is 127. The van der Waals surface area contributed by atoms with Crippen molar-refractivity contribution >= 4 is 53.3 Å². The maximum atomic E-state index is 12.4. The molecule has 0 N–H and O–H groups in total. The minimum Gasteiger partial charge on any atom is -0.306 e. The van der Waals surface area contributed by atoms with Crippen LogP contribution >= 0.6 is 41.7 Å². The zero-order valence-electron chi connectivity index (χ0n) is 12.2. The molecule has 0 bridgehead atoms. The summed E-state index contributed by atoms with van der Waals surface area (Å²) in [6, 6.07) is 3.72. The van der Waals surface area contributed by atoms with Crippen LogP contribution in [0.3, 0.4) is 0 Å². The van der Waals surface area contributed by atoms with Crippen molar-refractivity contribution in [3.63, 3.8) is 0 Å². The van der Waals surface area contributed by atoms with E-state index in [1.807, 2.05) is 26.0 Å². The predicted octanol–water partition coefficient (Wildman–Crippen LogP) is 4.14. The summed E-state index contributed by atoms with van der Waals surface area (Å²) < 4.78 is 1.64. The average Bonchev–Trinajstić information content (AvgIpc) is 2.88. The first-order valence-electron chi connectivity index (χ1n) is 6.75. The quantitative estimate of drug-likeness (QED) is 0.621. The van der Waals surface area contributed by atoms with E-state index >= 15 is 0 Å². The number of nitrogens with zero attached hydrogens (tertiary/aromatic N) is 4. The number of anilines is 1. The molecular formula is C14H16ClIN4OS. The monoisotopic (exact) mass is 450 g/mol. The van der Waals surface area contributed by atoms with Crippen LogP contribution in [0.1, 0.15) is 20.3 Å². The largest absolute Gasteiger partial charge is 0.306 e. The molecule has 0 saturated carbocycles. The molecule has 0 radical (unpaired) electrons. The van der Waals surface area contributed by atoms with Gasteiger partial charge in [-0.2, -0.15) is 5.10 Å². The minimum absolute atomic E-state index is 0.00996. The van der Waals surface area contributed by atoms with Crippen molar-refractivity contribution in [3.8, 4) is 5.69 Å². The summed E-state index contributed by atoms with van der Waals surface area (Å²) in [6.45, 7) is 3.93. The first-order valence-corrected chi connectivity index (χ1v) is 10.7. The fourth-order valence-electron chi connectivity index (χ4n) is 2.07. The van der Waals surface area contributed by atoms with Gasteiger partial charge in [-0.05, 0) is 47.2 Å². The summed E-state index contributed by atoms with van der Waals surface area (Å²) in [7, 11) is 1.62. The van der Waals surface area contributed by atoms with Crippen molar-refractivity contribution in [2.45, 2.75) is 26.3 Å². The highest BCUT2D eigenvalue weighted by molar-refractivity contribution is 14.2. The van der Waals surface area contributed by atoms with Crippen LogP contribution in [0.4, 0.5) is 5.69 Å². The fraction of sp³-hybridized carbons (Fsp3) is 0.357. The fourth-order valence-corrected chi connectivity index (χ4v) is 3.21. The van der Waals surface area contributed by atoms with Crippen LogP contribution in [0.2, 0.25) is 5.15 Å². The van der Waals surface area contributed by atoms with E-state index in [0.29, 0.717) is 17.3 Å². The molecule has 0 spiro atoms. The van der Waals surface area contributed by atoms with Gasteiger partial charge in [0.15, 0.2) is 5.15 Å². The lowest BCUT2D eigenvalue weighted by Gasteiger charge is -2.25. The lowest BCUT2D eigenvalue weighted by molar-refractivity contribution is -0.118. The van der Waals surface area contributed by atoms with E-state index < -0.39 is 0 Å². The maximum absolute atomic E-state index is 12.4. The molecule has 22 heavy (non-hydrogen) atoms. The number of rotatable bonds is 6. The molecule has 0 aliphatic rings. The van der Waals surface area contributed by atoms with Gasteiger partial charge in [-0.25, -0.2) is 4.68 Å². The third-order valence-corrected chi connectivity index (χ3v) is 4.95. The maximum Gasteiger partial charge on any atom is 0.228 e. The Bertz CT molecular complexity index is 635. The smallest absolute Gasteiger partial charge is 0.228 e. The Kier molecular flexibility index (Phi) is 6.51. The number of hydrogen-bond acceptors (Lipinski definition) is 4. The highest BCUT2D eigenvalue weighted by Crippen LogP contribution is 2.28. The third kappa shape index (κ3) is 4.14. The van der Waals surface area contributed by atoms with Crippen LogP contribution < -0.4 is 4.90 Å². The normalized spacial score (nSPS) is 11.0. The Morgan fingerprint density at radius 2 is 2.32 bits per heavy atom. The molecule has 0 saturated heterocycles. The van der Waals surface area contributed by atoms with Gasteiger partial charge in [-0.3, -0.25) is 9.78 Å². The molecule has 118 valence electrons. The standard InChI is InChI=1S/C14H16ClIN4OS/c1-10(2)20(13(21)5-7-22-16)12-9-19(18-14(12)15)11-4-3-6-17-8-11/h3-4,6,8-10H,5,7H2,1-2H3. The van der Waals surface area contributed by atoms with Crippen LogP contribution in [0.5, 0.6) is 0 Å². The molecule has 5 nitrogen and oxygen atoms in total. The van der Waals surface area contributed by atoms with Crippen LogP contribution in [-0.4, -0.2) is 32.5 Å². The molecule has 0 atom stereocenters. The molecule has 0 unspecified atom stereocenters. The van der Waals surface area contributed by atoms with Crippen molar-refractivity contribution in [3.05, 3.63) is 35.9 Å². The van der Waals surface area contributed by atoms with Crippen molar-refractivity contribution in [1.82, 2.24) is 14.8 Å². The summed E-state index contributed by atoms with van der Waals surface area (Å²) >= 11 is 8.45. The summed E-state index contributed by atoms with van der Waals surface area (Å²) in [5, 5.41) is 4.60. The summed E-state index contributed by atoms with van der Waals surface area (Å²) in [5.41, 5.74) is 1.43. The van der Waals surface area contributed by atoms with Crippen molar-refractivity contribution in [2.24, 2.45) is 0 Å². The van der Waals surface area contributed by atoms with E-state index in [9.17, 15) is 4.79 Å². The van der Waals surface area contributed by atoms with E-state index in [4.69, 9.17) is 11.6 Å². The van der Waals surface area contributed by atoms with Gasteiger partial charge < -0.3 is 4.90 Å². The van der Waals surface area contributed by atoms with Gasteiger partial charge in [-0.1, -0.05) is 20.5 Å². The minimum atomic E-state index is 0.00996. The number of carbonyl (C=O) groups is 1. The number of hydrogen-bond donors (Lipinski definition) is 0. The lowest BCUT2D eigenvalue weighted by Crippen LogP contribution is -2.37. The Morgan fingerprint density at radius 1 is 1.55 bits per heavy atom. The number of aromatic nitrogens is 3. The van der Waals surface area contributed by atoms with Gasteiger partial charge in [0.25, 0.3) is 0 Å². The summed E-state index contributed by atoms with van der Waals surface area (Å²) in [4.78, 5) is 18.2. The van der Waals surface area contributed by atoms with Gasteiger partial charge in [0, 0.05) is 24.4 Å². The Labute approximate surface area is 151 Å². The van der Waals surface area contributed by atoms with Crippen LogP contribution in [0, 0.1) is 0 Å². The second kappa shape index (κ2) is 8.16. The van der Waals surface area contributed by atoms with Gasteiger partial charge in [0.2, 0.25) is 5.91 Å². The van der Waals surface area contributed by atoms with Gasteiger partial charge in [-0.15, -0.1) is 0 Å². The zero-order chi connectivity index (χ0) is 16.1. The van der Waals surface area contributed by atoms with Crippen molar-refractivity contribution < 1.29 is 4.79 Å². The van der Waals surface area contributed by atoms with Crippen LogP contribution in [-0.2, 0) is 4.79 Å². The first kappa shape index (κ1) is 17.6. The molecule has 2 aromatic heterocycles. The molecule has 2 rings (SSSR count). The van der Waals surface area contributed by atoms with E-state index in [1.165, 1.54) is 0 Å². The third-order valence-electron chi connectivity index (χ3n) is 3.00. The van der Waals surface area contributed by atoms with Crippen molar-refractivity contribution in [1.29, 1.82) is 0 Å². The van der Waals surface area contributed by atoms with Crippen LogP contribution in [0.25, 0.3) is 5.69 Å². The van der Waals surface area contributed by atoms with Gasteiger partial charge >= 0.3 is 0 Å². The molecule has 0 aliphatic heterocycles. The second-order valence-corrected chi connectivity index (χ2v) is 7.73. The predicted molar refractivity (Wildman–Crippen MR) is 100 cm³/mol. The van der Waals surface area contributed by atoms with Crippen LogP contribution in [0.15, 0.2) is 30.7 Å². The van der Waals surface area contributed by atoms with E-state index in [2.05, 4.69) is 31.3 Å². The molecule has 2 aromatic rings. The number of halogens is 2. The molecular weight excluding hydrogens is 435 g/mol. The second-order valence-electron chi connectivity index (χ2n) is 4.88. The highest BCUT2D eigenvalue weighted by Gasteiger charge is 2.23.